The molecule has 0 spiro atoms. The number of sulfone groups is 1. The van der Waals surface area contributed by atoms with Crippen molar-refractivity contribution in [2.24, 2.45) is 5.92 Å². The van der Waals surface area contributed by atoms with E-state index in [1.54, 1.807) is 18.2 Å². The second-order valence-corrected chi connectivity index (χ2v) is 7.41. The molecule has 0 bridgehead atoms. The summed E-state index contributed by atoms with van der Waals surface area (Å²) in [6.45, 7) is 0. The quantitative estimate of drug-likeness (QED) is 0.801. The van der Waals surface area contributed by atoms with Crippen LogP contribution < -0.4 is 11.1 Å². The van der Waals surface area contributed by atoms with Crippen LogP contribution in [0, 0.1) is 5.92 Å². The minimum atomic E-state index is -3.04. The van der Waals surface area contributed by atoms with Crippen LogP contribution in [0.25, 0.3) is 0 Å². The number of anilines is 2. The number of hydrogen-bond donors (Lipinski definition) is 2. The minimum absolute atomic E-state index is 0.0605. The number of benzene rings is 1. The van der Waals surface area contributed by atoms with E-state index >= 15 is 0 Å². The summed E-state index contributed by atoms with van der Waals surface area (Å²) in [5, 5.41) is 2.70. The molecule has 1 aromatic carbocycles. The standard InChI is InChI=1S/C11H13BrN2O3S/c12-9-5-8(1-2-10(9)13)14-11(15)7-3-4-18(16,17)6-7/h1-2,5,7H,3-4,6,13H2,(H,14,15). The van der Waals surface area contributed by atoms with Crippen molar-refractivity contribution in [1.82, 2.24) is 0 Å². The van der Waals surface area contributed by atoms with Crippen LogP contribution in [0.4, 0.5) is 11.4 Å². The molecule has 0 aromatic heterocycles. The van der Waals surface area contributed by atoms with E-state index in [-0.39, 0.29) is 17.4 Å². The maximum atomic E-state index is 11.9. The van der Waals surface area contributed by atoms with Gasteiger partial charge in [0.1, 0.15) is 0 Å². The molecule has 0 saturated carbocycles. The molecule has 0 radical (unpaired) electrons. The maximum absolute atomic E-state index is 11.9. The SMILES string of the molecule is Nc1ccc(NC(=O)C2CCS(=O)(=O)C2)cc1Br. The van der Waals surface area contributed by atoms with Gasteiger partial charge in [-0.1, -0.05) is 0 Å². The van der Waals surface area contributed by atoms with Crippen LogP contribution >= 0.6 is 15.9 Å². The third-order valence-corrected chi connectivity index (χ3v) is 5.33. The molecule has 1 aromatic rings. The number of hydrogen-bond acceptors (Lipinski definition) is 4. The Kier molecular flexibility index (Phi) is 3.63. The van der Waals surface area contributed by atoms with Gasteiger partial charge in [0.25, 0.3) is 0 Å². The molecule has 2 rings (SSSR count). The molecule has 1 amide bonds. The molecule has 1 atom stereocenters. The molecule has 1 aliphatic heterocycles. The van der Waals surface area contributed by atoms with Crippen LogP contribution in [-0.2, 0) is 14.6 Å². The summed E-state index contributed by atoms with van der Waals surface area (Å²) in [5.41, 5.74) is 6.82. The summed E-state index contributed by atoms with van der Waals surface area (Å²) in [6, 6.07) is 5.04. The van der Waals surface area contributed by atoms with Gasteiger partial charge in [0.15, 0.2) is 9.84 Å². The number of rotatable bonds is 2. The molecule has 1 saturated heterocycles. The van der Waals surface area contributed by atoms with E-state index in [0.29, 0.717) is 22.3 Å². The molecular formula is C11H13BrN2O3S. The second kappa shape index (κ2) is 4.89. The summed E-state index contributed by atoms with van der Waals surface area (Å²) in [4.78, 5) is 11.9. The lowest BCUT2D eigenvalue weighted by molar-refractivity contribution is -0.119. The third kappa shape index (κ3) is 3.02. The van der Waals surface area contributed by atoms with Crippen molar-refractivity contribution in [1.29, 1.82) is 0 Å². The smallest absolute Gasteiger partial charge is 0.228 e. The van der Waals surface area contributed by atoms with Crippen molar-refractivity contribution in [2.45, 2.75) is 6.42 Å². The number of amides is 1. The largest absolute Gasteiger partial charge is 0.398 e. The van der Waals surface area contributed by atoms with Crippen LogP contribution in [0.15, 0.2) is 22.7 Å². The van der Waals surface area contributed by atoms with Crippen LogP contribution in [0.3, 0.4) is 0 Å². The average Bonchev–Trinajstić information content (AvgIpc) is 2.64. The van der Waals surface area contributed by atoms with E-state index in [1.165, 1.54) is 0 Å². The number of nitrogens with two attached hydrogens (primary N) is 1. The van der Waals surface area contributed by atoms with Crippen molar-refractivity contribution in [2.75, 3.05) is 22.6 Å². The highest BCUT2D eigenvalue weighted by Gasteiger charge is 2.32. The number of carbonyl (C=O) groups excluding carboxylic acids is 1. The Morgan fingerprint density at radius 1 is 1.44 bits per heavy atom. The summed E-state index contributed by atoms with van der Waals surface area (Å²) in [7, 11) is -3.04. The first kappa shape index (κ1) is 13.4. The molecule has 1 fully saturated rings. The normalized spacial score (nSPS) is 21.7. The predicted molar refractivity (Wildman–Crippen MR) is 73.9 cm³/mol. The number of carbonyl (C=O) groups is 1. The van der Waals surface area contributed by atoms with E-state index in [4.69, 9.17) is 5.73 Å². The molecule has 3 N–H and O–H groups in total. The average molecular weight is 333 g/mol. The predicted octanol–water partition coefficient (Wildman–Crippen LogP) is 1.40. The molecule has 1 heterocycles. The topological polar surface area (TPSA) is 89.3 Å². The Morgan fingerprint density at radius 2 is 2.17 bits per heavy atom. The Labute approximate surface area is 114 Å². The molecule has 98 valence electrons. The van der Waals surface area contributed by atoms with Gasteiger partial charge in [0.2, 0.25) is 5.91 Å². The highest BCUT2D eigenvalue weighted by Crippen LogP contribution is 2.25. The van der Waals surface area contributed by atoms with Gasteiger partial charge in [0, 0.05) is 15.8 Å². The van der Waals surface area contributed by atoms with Crippen molar-refractivity contribution in [3.63, 3.8) is 0 Å². The summed E-state index contributed by atoms with van der Waals surface area (Å²) in [5.74, 6) is -0.676. The number of nitrogen functional groups attached to an aromatic ring is 1. The van der Waals surface area contributed by atoms with Gasteiger partial charge in [-0.2, -0.15) is 0 Å². The molecular weight excluding hydrogens is 320 g/mol. The summed E-state index contributed by atoms with van der Waals surface area (Å²) >= 11 is 3.27. The first-order chi connectivity index (χ1) is 8.37. The van der Waals surface area contributed by atoms with E-state index in [2.05, 4.69) is 21.2 Å². The monoisotopic (exact) mass is 332 g/mol. The zero-order chi connectivity index (χ0) is 13.3. The molecule has 1 aliphatic rings. The van der Waals surface area contributed by atoms with E-state index in [9.17, 15) is 13.2 Å². The second-order valence-electron chi connectivity index (χ2n) is 4.33. The maximum Gasteiger partial charge on any atom is 0.228 e. The fourth-order valence-electron chi connectivity index (χ4n) is 1.85. The molecule has 7 heteroatoms. The number of nitrogens with one attached hydrogen (secondary N) is 1. The summed E-state index contributed by atoms with van der Waals surface area (Å²) in [6.07, 6.45) is 0.393. The van der Waals surface area contributed by atoms with Gasteiger partial charge < -0.3 is 11.1 Å². The first-order valence-corrected chi connectivity index (χ1v) is 8.05. The van der Waals surface area contributed by atoms with Crippen LogP contribution in [0.5, 0.6) is 0 Å². The third-order valence-electron chi connectivity index (χ3n) is 2.87. The Hall–Kier alpha value is -1.08. The zero-order valence-electron chi connectivity index (χ0n) is 9.52. The first-order valence-electron chi connectivity index (χ1n) is 5.44. The summed E-state index contributed by atoms with van der Waals surface area (Å²) < 4.78 is 23.3. The fourth-order valence-corrected chi connectivity index (χ4v) is 3.97. The Bertz CT molecular complexity index is 586. The zero-order valence-corrected chi connectivity index (χ0v) is 11.9. The fraction of sp³-hybridized carbons (Fsp3) is 0.364. The van der Waals surface area contributed by atoms with Gasteiger partial charge in [-0.25, -0.2) is 8.42 Å². The molecule has 1 unspecified atom stereocenters. The highest BCUT2D eigenvalue weighted by atomic mass is 79.9. The van der Waals surface area contributed by atoms with Gasteiger partial charge in [-0.05, 0) is 40.5 Å². The van der Waals surface area contributed by atoms with Crippen LogP contribution in [0.2, 0.25) is 0 Å². The van der Waals surface area contributed by atoms with Crippen molar-refractivity contribution < 1.29 is 13.2 Å². The van der Waals surface area contributed by atoms with Crippen molar-refractivity contribution in [3.05, 3.63) is 22.7 Å². The lowest BCUT2D eigenvalue weighted by atomic mass is 10.1. The molecule has 18 heavy (non-hydrogen) atoms. The lowest BCUT2D eigenvalue weighted by Crippen LogP contribution is -2.23. The van der Waals surface area contributed by atoms with Crippen molar-refractivity contribution in [3.8, 4) is 0 Å². The highest BCUT2D eigenvalue weighted by molar-refractivity contribution is 9.10. The van der Waals surface area contributed by atoms with Gasteiger partial charge >= 0.3 is 0 Å². The van der Waals surface area contributed by atoms with Gasteiger partial charge in [0.05, 0.1) is 17.4 Å². The molecule has 0 aliphatic carbocycles. The Balaban J connectivity index is 2.06. The van der Waals surface area contributed by atoms with Crippen molar-refractivity contribution >= 4 is 43.0 Å². The van der Waals surface area contributed by atoms with Crippen LogP contribution in [-0.4, -0.2) is 25.8 Å². The minimum Gasteiger partial charge on any atom is -0.398 e. The van der Waals surface area contributed by atoms with E-state index < -0.39 is 15.8 Å². The number of halogens is 1. The van der Waals surface area contributed by atoms with Gasteiger partial charge in [-0.15, -0.1) is 0 Å². The van der Waals surface area contributed by atoms with E-state index in [0.717, 1.165) is 0 Å². The van der Waals surface area contributed by atoms with Crippen LogP contribution in [0.1, 0.15) is 6.42 Å². The Morgan fingerprint density at radius 3 is 2.72 bits per heavy atom. The molecule has 5 nitrogen and oxygen atoms in total. The van der Waals surface area contributed by atoms with E-state index in [1.807, 2.05) is 0 Å². The lowest BCUT2D eigenvalue weighted by Gasteiger charge is -2.10. The van der Waals surface area contributed by atoms with Gasteiger partial charge in [-0.3, -0.25) is 4.79 Å².